The van der Waals surface area contributed by atoms with Gasteiger partial charge >= 0.3 is 0 Å². The maximum absolute atomic E-state index is 2.72. The van der Waals surface area contributed by atoms with Gasteiger partial charge in [0.25, 0.3) is 0 Å². The molecule has 3 aromatic carbocycles. The van der Waals surface area contributed by atoms with E-state index in [-0.39, 0.29) is 5.48 Å². The van der Waals surface area contributed by atoms with Crippen molar-refractivity contribution in [3.8, 4) is 0 Å². The lowest BCUT2D eigenvalue weighted by Crippen LogP contribution is -2.31. The molecule has 56 heavy (non-hydrogen) atoms. The van der Waals surface area contributed by atoms with Crippen LogP contribution in [0.1, 0.15) is 228 Å². The maximum atomic E-state index is 2.72. The largest absolute Gasteiger partial charge is 0.870 e. The molecule has 0 fully saturated rings. The van der Waals surface area contributed by atoms with Crippen molar-refractivity contribution in [2.45, 2.75) is 236 Å². The van der Waals surface area contributed by atoms with Gasteiger partial charge < -0.3 is 5.48 Å². The highest BCUT2D eigenvalue weighted by atomic mass is 31.1. The molecule has 1 N–H and O–H groups in total. The molecule has 0 unspecified atom stereocenters. The third kappa shape index (κ3) is 14.4. The first-order valence-corrected chi connectivity index (χ1v) is 25.8. The molecular weight excluding hydrogens is 696 g/mol. The maximum Gasteiger partial charge on any atom is 0.105 e. The van der Waals surface area contributed by atoms with Crippen LogP contribution >= 0.6 is 7.92 Å². The molecule has 0 saturated carbocycles. The highest BCUT2D eigenvalue weighted by Crippen LogP contribution is 2.42. The summed E-state index contributed by atoms with van der Waals surface area (Å²) in [6, 6.07) is 16.1. The monoisotopic (exact) mass is 785 g/mol. The van der Waals surface area contributed by atoms with Crippen molar-refractivity contribution < 1.29 is 5.48 Å². The van der Waals surface area contributed by atoms with Gasteiger partial charge in [-0.3, -0.25) is 0 Å². The van der Waals surface area contributed by atoms with Crippen LogP contribution in [0.2, 0.25) is 0 Å². The summed E-state index contributed by atoms with van der Waals surface area (Å²) in [4.78, 5) is 0. The minimum atomic E-state index is -1.31. The fourth-order valence-corrected chi connectivity index (χ4v) is 12.4. The lowest BCUT2D eigenvalue weighted by atomic mass is 9.90. The van der Waals surface area contributed by atoms with Crippen LogP contribution in [-0.4, -0.2) is 5.48 Å². The van der Waals surface area contributed by atoms with Crippen molar-refractivity contribution >= 4 is 23.8 Å². The Morgan fingerprint density at radius 1 is 0.268 bits per heavy atom. The van der Waals surface area contributed by atoms with Gasteiger partial charge in [0.1, 0.15) is 15.9 Å². The fourth-order valence-electron chi connectivity index (χ4n) is 9.08. The Labute approximate surface area is 350 Å². The lowest BCUT2D eigenvalue weighted by molar-refractivity contribution is 0.736. The molecule has 2 heteroatoms. The van der Waals surface area contributed by atoms with E-state index in [2.05, 4.69) is 98.7 Å². The normalized spacial score (nSPS) is 11.5. The standard InChI is InChI=1S/C54H87P.H2O/c1-10-19-28-43-37-40-52(49(34-25-16-7)46(43)31-22-13-4)55(53-41-38-44(29-20-11-2)47(32-23-14-5)50(53)35-26-17-8)54-42-39-45(30-21-12-3)48(33-24-15-6)51(54)36-27-18-9;/h37-42H,10-36H2,1-9H3;1H2. The molecule has 0 bridgehead atoms. The van der Waals surface area contributed by atoms with Crippen molar-refractivity contribution in [2.24, 2.45) is 0 Å². The average Bonchev–Trinajstić information content (AvgIpc) is 3.20. The number of unbranched alkanes of at least 4 members (excludes halogenated alkanes) is 9. The smallest absolute Gasteiger partial charge is 0.105 e. The van der Waals surface area contributed by atoms with E-state index in [1.807, 2.05) is 0 Å². The van der Waals surface area contributed by atoms with Crippen LogP contribution < -0.4 is 15.9 Å². The molecule has 0 amide bonds. The molecule has 3 aromatic rings. The van der Waals surface area contributed by atoms with Gasteiger partial charge in [0.15, 0.2) is 0 Å². The van der Waals surface area contributed by atoms with Gasteiger partial charge in [-0.15, -0.1) is 0 Å². The summed E-state index contributed by atoms with van der Waals surface area (Å²) in [7, 11) is -1.31. The highest BCUT2D eigenvalue weighted by molar-refractivity contribution is 7.80. The van der Waals surface area contributed by atoms with Gasteiger partial charge in [-0.2, -0.15) is 0 Å². The molecule has 0 radical (unpaired) electrons. The van der Waals surface area contributed by atoms with Gasteiger partial charge in [0.2, 0.25) is 0 Å². The second-order valence-corrected chi connectivity index (χ2v) is 19.4. The molecule has 0 aliphatic rings. The zero-order valence-corrected chi connectivity index (χ0v) is 39.5. The number of benzene rings is 3. The first-order chi connectivity index (χ1) is 27.0. The molecule has 3 rings (SSSR count). The minimum Gasteiger partial charge on any atom is -0.870 e. The molecule has 0 heterocycles. The summed E-state index contributed by atoms with van der Waals surface area (Å²) in [5.41, 5.74) is 15.6. The first kappa shape index (κ1) is 50.2. The Morgan fingerprint density at radius 3 is 0.679 bits per heavy atom. The number of hydrogen-bond acceptors (Lipinski definition) is 1. The Kier molecular flexibility index (Phi) is 26.3. The van der Waals surface area contributed by atoms with Crippen molar-refractivity contribution in [1.29, 1.82) is 0 Å². The molecule has 1 nitrogen and oxygen atoms in total. The van der Waals surface area contributed by atoms with Crippen molar-refractivity contribution in [2.75, 3.05) is 0 Å². The average molecular weight is 785 g/mol. The summed E-state index contributed by atoms with van der Waals surface area (Å²) >= 11 is 0. The molecule has 316 valence electrons. The van der Waals surface area contributed by atoms with Crippen molar-refractivity contribution in [1.82, 2.24) is 0 Å². The predicted molar refractivity (Wildman–Crippen MR) is 256 cm³/mol. The summed E-state index contributed by atoms with van der Waals surface area (Å²) in [6.07, 6.45) is 34.2. The van der Waals surface area contributed by atoms with E-state index in [0.29, 0.717) is 0 Å². The molecule has 0 spiro atoms. The van der Waals surface area contributed by atoms with E-state index >= 15 is 0 Å². The van der Waals surface area contributed by atoms with Crippen LogP contribution in [0.5, 0.6) is 0 Å². The molecule has 0 aromatic heterocycles. The summed E-state index contributed by atoms with van der Waals surface area (Å²) in [6.45, 7) is 21.5. The van der Waals surface area contributed by atoms with Crippen LogP contribution in [0.3, 0.4) is 0 Å². The molecule has 0 aliphatic heterocycles. The second kappa shape index (κ2) is 29.3. The zero-order valence-electron chi connectivity index (χ0n) is 38.5. The van der Waals surface area contributed by atoms with Gasteiger partial charge in [0.05, 0.1) is 7.92 Å². The summed E-state index contributed by atoms with van der Waals surface area (Å²) in [5, 5.41) is 5.27. The van der Waals surface area contributed by atoms with Gasteiger partial charge in [-0.25, -0.2) is 0 Å². The third-order valence-corrected chi connectivity index (χ3v) is 15.5. The highest BCUT2D eigenvalue weighted by Gasteiger charge is 2.36. The SMILES string of the molecule is CCCCc1ccc([PH+](c2ccc(CCCC)c(CCCC)c2CCCC)c2ccc(CCCC)c(CCCC)c2CCCC)c(CCCC)c1CCCC.[OH-]. The predicted octanol–water partition coefficient (Wildman–Crippen LogP) is 15.1. The quantitative estimate of drug-likeness (QED) is 0.0619. The van der Waals surface area contributed by atoms with Gasteiger partial charge in [-0.05, 0) is 184 Å². The first-order valence-electron chi connectivity index (χ1n) is 24.3. The van der Waals surface area contributed by atoms with Crippen LogP contribution in [0.25, 0.3) is 0 Å². The summed E-state index contributed by atoms with van der Waals surface area (Å²) < 4.78 is 0. The van der Waals surface area contributed by atoms with E-state index in [4.69, 9.17) is 0 Å². The van der Waals surface area contributed by atoms with E-state index < -0.39 is 7.92 Å². The van der Waals surface area contributed by atoms with E-state index in [9.17, 15) is 0 Å². The number of rotatable bonds is 30. The Balaban J connectivity index is 0.0000108. The number of aryl methyl sites for hydroxylation is 3. The van der Waals surface area contributed by atoms with Gasteiger partial charge in [0, 0.05) is 0 Å². The molecular formula is C54H89OP. The van der Waals surface area contributed by atoms with Crippen LogP contribution in [-0.2, 0) is 57.8 Å². The molecule has 0 saturated heterocycles. The van der Waals surface area contributed by atoms with Crippen molar-refractivity contribution in [3.05, 3.63) is 86.5 Å². The molecule has 0 atom stereocenters. The second-order valence-electron chi connectivity index (χ2n) is 17.0. The number of hydrogen-bond donors (Lipinski definition) is 0. The van der Waals surface area contributed by atoms with Crippen LogP contribution in [0.15, 0.2) is 36.4 Å². The topological polar surface area (TPSA) is 30.0 Å². The Morgan fingerprint density at radius 2 is 0.464 bits per heavy atom. The Hall–Kier alpha value is -1.95. The minimum absolute atomic E-state index is 0. The van der Waals surface area contributed by atoms with Crippen molar-refractivity contribution in [3.63, 3.8) is 0 Å². The molecule has 0 aliphatic carbocycles. The zero-order chi connectivity index (χ0) is 39.8. The van der Waals surface area contributed by atoms with E-state index in [1.54, 1.807) is 66.0 Å². The fraction of sp³-hybridized carbons (Fsp3) is 0.667. The van der Waals surface area contributed by atoms with Gasteiger partial charge in [-0.1, -0.05) is 138 Å². The van der Waals surface area contributed by atoms with E-state index in [0.717, 1.165) is 0 Å². The van der Waals surface area contributed by atoms with Crippen LogP contribution in [0, 0.1) is 0 Å². The third-order valence-electron chi connectivity index (χ3n) is 12.5. The lowest BCUT2D eigenvalue weighted by Gasteiger charge is -2.26. The van der Waals surface area contributed by atoms with E-state index in [1.165, 1.54) is 173 Å². The Bertz CT molecular complexity index is 1320. The summed E-state index contributed by atoms with van der Waals surface area (Å²) in [5.74, 6) is 0. The van der Waals surface area contributed by atoms with Crippen LogP contribution in [0.4, 0.5) is 0 Å².